The zero-order chi connectivity index (χ0) is 31.7. The second-order valence-corrected chi connectivity index (χ2v) is 13.4. The zero-order valence-electron chi connectivity index (χ0n) is 26.6. The number of anilines is 3. The Morgan fingerprint density at radius 3 is 1.52 bits per heavy atom. The molecule has 3 nitrogen and oxygen atoms in total. The molecule has 3 aliphatic heterocycles. The minimum absolute atomic E-state index is 0.00215. The molecular weight excluding hydrogens is 581 g/mol. The van der Waals surface area contributed by atoms with Crippen LogP contribution in [0.3, 0.4) is 0 Å². The van der Waals surface area contributed by atoms with Crippen molar-refractivity contribution in [3.8, 4) is 44.8 Å². The first kappa shape index (κ1) is 26.1. The molecule has 8 aromatic rings. The first-order chi connectivity index (χ1) is 23.7. The molecular formula is C44H28BN3. The molecule has 0 N–H and O–H groups in total. The highest BCUT2D eigenvalue weighted by Gasteiger charge is 2.44. The third-order valence-electron chi connectivity index (χ3n) is 10.8. The topological polar surface area (TPSA) is 29.0 Å². The summed E-state index contributed by atoms with van der Waals surface area (Å²) in [6.45, 7) is 4.33. The van der Waals surface area contributed by atoms with Crippen LogP contribution in [0.15, 0.2) is 133 Å². The van der Waals surface area contributed by atoms with Gasteiger partial charge in [-0.15, -0.1) is 0 Å². The van der Waals surface area contributed by atoms with Crippen LogP contribution >= 0.6 is 0 Å². The summed E-state index contributed by atoms with van der Waals surface area (Å²) in [5.41, 5.74) is 18.5. The Bertz CT molecular complexity index is 2560. The summed E-state index contributed by atoms with van der Waals surface area (Å²) >= 11 is 0. The highest BCUT2D eigenvalue weighted by molar-refractivity contribution is 6.99. The zero-order valence-corrected chi connectivity index (χ0v) is 26.6. The van der Waals surface area contributed by atoms with Crippen molar-refractivity contribution < 1.29 is 0 Å². The summed E-state index contributed by atoms with van der Waals surface area (Å²) in [4.78, 5) is 12.9. The van der Waals surface area contributed by atoms with Gasteiger partial charge in [0, 0.05) is 50.2 Å². The van der Waals surface area contributed by atoms with E-state index in [1.54, 1.807) is 0 Å². The SMILES string of the molecule is Cc1nc(-c2ccccc2)nc(C)c1B1c2ccc3cccc4c3c2N2c3c-4cc(-c4ccccc4)cc3-c3cccc4ccc1c2c34. The first-order valence-electron chi connectivity index (χ1n) is 16.7. The van der Waals surface area contributed by atoms with Crippen LogP contribution in [0.4, 0.5) is 17.1 Å². The van der Waals surface area contributed by atoms with Gasteiger partial charge in [0.1, 0.15) is 0 Å². The Labute approximate surface area is 279 Å². The van der Waals surface area contributed by atoms with Gasteiger partial charge in [0.2, 0.25) is 0 Å². The Kier molecular flexibility index (Phi) is 5.06. The van der Waals surface area contributed by atoms with Crippen LogP contribution in [0, 0.1) is 13.8 Å². The molecule has 48 heavy (non-hydrogen) atoms. The van der Waals surface area contributed by atoms with Crippen LogP contribution < -0.4 is 21.3 Å². The van der Waals surface area contributed by atoms with Crippen molar-refractivity contribution >= 4 is 61.7 Å². The minimum atomic E-state index is -0.00215. The van der Waals surface area contributed by atoms with E-state index in [0.29, 0.717) is 0 Å². The predicted octanol–water partition coefficient (Wildman–Crippen LogP) is 8.99. The lowest BCUT2D eigenvalue weighted by Crippen LogP contribution is -2.59. The Hall–Kier alpha value is -6.00. The van der Waals surface area contributed by atoms with Gasteiger partial charge in [-0.25, -0.2) is 9.97 Å². The highest BCUT2D eigenvalue weighted by atomic mass is 15.2. The van der Waals surface area contributed by atoms with Gasteiger partial charge in [-0.05, 0) is 75.4 Å². The van der Waals surface area contributed by atoms with E-state index < -0.39 is 0 Å². The molecule has 0 unspecified atom stereocenters. The average Bonchev–Trinajstić information content (AvgIpc) is 3.13. The normalized spacial score (nSPS) is 13.1. The lowest BCUT2D eigenvalue weighted by atomic mass is 9.34. The summed E-state index contributed by atoms with van der Waals surface area (Å²) in [6.07, 6.45) is 0. The number of nitrogens with zero attached hydrogens (tertiary/aromatic N) is 3. The van der Waals surface area contributed by atoms with Crippen LogP contribution in [-0.2, 0) is 0 Å². The maximum Gasteiger partial charge on any atom is 0.251 e. The highest BCUT2D eigenvalue weighted by Crippen LogP contribution is 2.60. The van der Waals surface area contributed by atoms with Gasteiger partial charge in [0.15, 0.2) is 5.82 Å². The van der Waals surface area contributed by atoms with E-state index in [0.717, 1.165) is 22.8 Å². The molecule has 0 amide bonds. The number of aryl methyl sites for hydroxylation is 2. The van der Waals surface area contributed by atoms with Gasteiger partial charge >= 0.3 is 0 Å². The molecule has 4 heteroatoms. The molecule has 3 aliphatic rings. The van der Waals surface area contributed by atoms with E-state index in [9.17, 15) is 0 Å². The van der Waals surface area contributed by atoms with Crippen LogP contribution in [0.2, 0.25) is 0 Å². The molecule has 11 rings (SSSR count). The summed E-state index contributed by atoms with van der Waals surface area (Å²) in [7, 11) is 0. The minimum Gasteiger partial charge on any atom is -0.309 e. The van der Waals surface area contributed by atoms with Crippen molar-refractivity contribution in [1.82, 2.24) is 9.97 Å². The quantitative estimate of drug-likeness (QED) is 0.187. The third-order valence-corrected chi connectivity index (χ3v) is 10.8. The monoisotopic (exact) mass is 609 g/mol. The molecule has 0 radical (unpaired) electrons. The molecule has 4 heterocycles. The van der Waals surface area contributed by atoms with Crippen molar-refractivity contribution in [3.05, 3.63) is 145 Å². The molecule has 0 atom stereocenters. The van der Waals surface area contributed by atoms with Gasteiger partial charge in [-0.3, -0.25) is 0 Å². The fourth-order valence-electron chi connectivity index (χ4n) is 8.91. The van der Waals surface area contributed by atoms with Gasteiger partial charge in [0.25, 0.3) is 6.71 Å². The maximum atomic E-state index is 5.16. The Morgan fingerprint density at radius 1 is 0.458 bits per heavy atom. The van der Waals surface area contributed by atoms with E-state index in [1.165, 1.54) is 88.4 Å². The average molecular weight is 610 g/mol. The third kappa shape index (κ3) is 3.29. The second kappa shape index (κ2) is 9.30. The van der Waals surface area contributed by atoms with Crippen molar-refractivity contribution in [2.75, 3.05) is 4.90 Å². The molecule has 0 spiro atoms. The van der Waals surface area contributed by atoms with E-state index in [4.69, 9.17) is 9.97 Å². The first-order valence-corrected chi connectivity index (χ1v) is 16.7. The molecule has 7 aromatic carbocycles. The molecule has 1 aromatic heterocycles. The van der Waals surface area contributed by atoms with Gasteiger partial charge in [-0.2, -0.15) is 0 Å². The number of hydrogen-bond donors (Lipinski definition) is 0. The lowest BCUT2D eigenvalue weighted by molar-refractivity contribution is 1.08. The van der Waals surface area contributed by atoms with E-state index >= 15 is 0 Å². The standard InChI is InChI=1S/C44H28BN3/c1-25-40(26(2)47-44(46-25)30-13-7-4-8-14-30)45-36-21-19-28-15-9-17-32-34-23-31(27-11-5-3-6-12-27)24-35-33-18-10-16-29-20-22-37(45)43(39(29)33)48(41(34)35)42(36)38(28)32/h3-24H,1-2H3. The summed E-state index contributed by atoms with van der Waals surface area (Å²) in [6, 6.07) is 49.0. The molecule has 0 saturated heterocycles. The van der Waals surface area contributed by atoms with E-state index in [1.807, 2.05) is 6.07 Å². The fraction of sp³-hybridized carbons (Fsp3) is 0.0455. The summed E-state index contributed by atoms with van der Waals surface area (Å²) < 4.78 is 0. The van der Waals surface area contributed by atoms with E-state index in [-0.39, 0.29) is 6.71 Å². The molecule has 0 fully saturated rings. The maximum absolute atomic E-state index is 5.16. The number of fused-ring (bicyclic) bond motifs is 2. The van der Waals surface area contributed by atoms with Crippen molar-refractivity contribution in [2.24, 2.45) is 0 Å². The molecule has 222 valence electrons. The number of rotatable bonds is 3. The summed E-state index contributed by atoms with van der Waals surface area (Å²) in [5.74, 6) is 0.781. The Morgan fingerprint density at radius 2 is 0.979 bits per heavy atom. The van der Waals surface area contributed by atoms with E-state index in [2.05, 4.69) is 146 Å². The number of benzene rings is 7. The van der Waals surface area contributed by atoms with Gasteiger partial charge in [-0.1, -0.05) is 121 Å². The van der Waals surface area contributed by atoms with Crippen LogP contribution in [0.1, 0.15) is 11.4 Å². The van der Waals surface area contributed by atoms with Crippen LogP contribution in [-0.4, -0.2) is 16.7 Å². The molecule has 0 bridgehead atoms. The van der Waals surface area contributed by atoms with Gasteiger partial charge < -0.3 is 4.90 Å². The number of aromatic nitrogens is 2. The van der Waals surface area contributed by atoms with Crippen molar-refractivity contribution in [2.45, 2.75) is 13.8 Å². The smallest absolute Gasteiger partial charge is 0.251 e. The second-order valence-electron chi connectivity index (χ2n) is 13.4. The van der Waals surface area contributed by atoms with Crippen molar-refractivity contribution in [1.29, 1.82) is 0 Å². The number of hydrogen-bond acceptors (Lipinski definition) is 3. The van der Waals surface area contributed by atoms with Crippen LogP contribution in [0.5, 0.6) is 0 Å². The van der Waals surface area contributed by atoms with Crippen molar-refractivity contribution in [3.63, 3.8) is 0 Å². The Balaban J connectivity index is 1.28. The summed E-state index contributed by atoms with van der Waals surface area (Å²) in [5, 5.41) is 5.17. The molecule has 0 saturated carbocycles. The van der Waals surface area contributed by atoms with Crippen LogP contribution in [0.25, 0.3) is 66.3 Å². The van der Waals surface area contributed by atoms with Gasteiger partial charge in [0.05, 0.1) is 5.69 Å². The lowest BCUT2D eigenvalue weighted by Gasteiger charge is -2.45. The molecule has 0 aliphatic carbocycles. The largest absolute Gasteiger partial charge is 0.309 e. The fourth-order valence-corrected chi connectivity index (χ4v) is 8.91. The predicted molar refractivity (Wildman–Crippen MR) is 201 cm³/mol.